The Morgan fingerprint density at radius 3 is 2.11 bits per heavy atom. The van der Waals surface area contributed by atoms with E-state index < -0.39 is 20.6 Å². The predicted molar refractivity (Wildman–Crippen MR) is 104 cm³/mol. The van der Waals surface area contributed by atoms with E-state index in [1.54, 1.807) is 30.3 Å². The second-order valence-corrected chi connectivity index (χ2v) is 7.97. The topological polar surface area (TPSA) is 80.5 Å². The molecule has 0 aromatic heterocycles. The number of halogens is 1. The van der Waals surface area contributed by atoms with Gasteiger partial charge in [0, 0.05) is 6.07 Å². The fraction of sp³-hybridized carbons (Fsp3) is 0.0526. The van der Waals surface area contributed by atoms with E-state index >= 15 is 0 Å². The summed E-state index contributed by atoms with van der Waals surface area (Å²) in [5.74, 6) is 0. The largest absolute Gasteiger partial charge is 0.289 e. The summed E-state index contributed by atoms with van der Waals surface area (Å²) >= 11 is 5.82. The third kappa shape index (κ3) is 4.10. The number of nitrogens with zero attached hydrogens (tertiary/aromatic N) is 2. The Labute approximate surface area is 161 Å². The summed E-state index contributed by atoms with van der Waals surface area (Å²) < 4.78 is 27.8. The number of hydrogen-bond donors (Lipinski definition) is 0. The number of nitro benzene ring substituents is 1. The second-order valence-electron chi connectivity index (χ2n) is 5.70. The van der Waals surface area contributed by atoms with Crippen molar-refractivity contribution in [3.63, 3.8) is 0 Å². The van der Waals surface area contributed by atoms with Crippen molar-refractivity contribution < 1.29 is 13.3 Å². The maximum atomic E-state index is 13.3. The third-order valence-electron chi connectivity index (χ3n) is 3.92. The summed E-state index contributed by atoms with van der Waals surface area (Å²) in [6.07, 6.45) is 0. The minimum Gasteiger partial charge on any atom is -0.262 e. The number of rotatable bonds is 6. The summed E-state index contributed by atoms with van der Waals surface area (Å²) in [6.45, 7) is 0.0869. The SMILES string of the molecule is O=[N+]([O-])c1cc(S(=O)(=O)N(Cc2ccccc2)c2ccccc2)ccc1Cl. The molecule has 0 aliphatic carbocycles. The van der Waals surface area contributed by atoms with E-state index in [0.29, 0.717) is 5.69 Å². The van der Waals surface area contributed by atoms with E-state index in [-0.39, 0.29) is 16.5 Å². The number of nitro groups is 1. The smallest absolute Gasteiger partial charge is 0.262 e. The monoisotopic (exact) mass is 402 g/mol. The Bertz CT molecular complexity index is 1060. The van der Waals surface area contributed by atoms with Crippen LogP contribution >= 0.6 is 11.6 Å². The molecule has 0 spiro atoms. The minimum atomic E-state index is -4.05. The highest BCUT2D eigenvalue weighted by atomic mass is 35.5. The molecule has 8 heteroatoms. The molecule has 0 unspecified atom stereocenters. The van der Waals surface area contributed by atoms with Gasteiger partial charge < -0.3 is 0 Å². The molecule has 0 saturated carbocycles. The summed E-state index contributed by atoms with van der Waals surface area (Å²) in [6, 6.07) is 21.2. The number of hydrogen-bond acceptors (Lipinski definition) is 4. The molecule has 0 aliphatic heterocycles. The molecule has 3 rings (SSSR count). The van der Waals surface area contributed by atoms with Gasteiger partial charge in [-0.3, -0.25) is 14.4 Å². The molecule has 0 amide bonds. The lowest BCUT2D eigenvalue weighted by molar-refractivity contribution is -0.384. The standard InChI is InChI=1S/C19H15ClN2O4S/c20-18-12-11-17(13-19(18)22(23)24)27(25,26)21(16-9-5-2-6-10-16)14-15-7-3-1-4-8-15/h1-13H,14H2. The molecule has 0 aliphatic rings. The zero-order valence-electron chi connectivity index (χ0n) is 14.0. The van der Waals surface area contributed by atoms with E-state index in [1.165, 1.54) is 16.4 Å². The lowest BCUT2D eigenvalue weighted by Crippen LogP contribution is -2.30. The van der Waals surface area contributed by atoms with Crippen LogP contribution < -0.4 is 4.31 Å². The van der Waals surface area contributed by atoms with Gasteiger partial charge in [-0.15, -0.1) is 0 Å². The highest BCUT2D eigenvalue weighted by molar-refractivity contribution is 7.92. The van der Waals surface area contributed by atoms with Gasteiger partial charge in [0.05, 0.1) is 22.1 Å². The van der Waals surface area contributed by atoms with Crippen LogP contribution in [0.3, 0.4) is 0 Å². The van der Waals surface area contributed by atoms with Crippen LogP contribution in [0.2, 0.25) is 5.02 Å². The zero-order chi connectivity index (χ0) is 19.4. The number of para-hydroxylation sites is 1. The third-order valence-corrected chi connectivity index (χ3v) is 6.00. The molecular weight excluding hydrogens is 388 g/mol. The fourth-order valence-corrected chi connectivity index (χ4v) is 4.24. The molecule has 0 N–H and O–H groups in total. The maximum Gasteiger partial charge on any atom is 0.289 e. The van der Waals surface area contributed by atoms with Crippen LogP contribution in [0.4, 0.5) is 11.4 Å². The lowest BCUT2D eigenvalue weighted by atomic mass is 10.2. The van der Waals surface area contributed by atoms with Gasteiger partial charge in [0.1, 0.15) is 5.02 Å². The van der Waals surface area contributed by atoms with E-state index in [0.717, 1.165) is 11.6 Å². The molecule has 0 radical (unpaired) electrons. The van der Waals surface area contributed by atoms with Gasteiger partial charge in [-0.2, -0.15) is 0 Å². The fourth-order valence-electron chi connectivity index (χ4n) is 2.58. The highest BCUT2D eigenvalue weighted by Gasteiger charge is 2.28. The summed E-state index contributed by atoms with van der Waals surface area (Å²) in [5, 5.41) is 11.0. The molecule has 3 aromatic carbocycles. The van der Waals surface area contributed by atoms with Gasteiger partial charge in [-0.05, 0) is 29.8 Å². The first-order chi connectivity index (χ1) is 12.9. The van der Waals surface area contributed by atoms with Gasteiger partial charge in [0.2, 0.25) is 0 Å². The highest BCUT2D eigenvalue weighted by Crippen LogP contribution is 2.31. The van der Waals surface area contributed by atoms with Crippen LogP contribution in [0.1, 0.15) is 5.56 Å². The van der Waals surface area contributed by atoms with Crippen molar-refractivity contribution in [2.45, 2.75) is 11.4 Å². The molecule has 0 heterocycles. The van der Waals surface area contributed by atoms with Gasteiger partial charge in [0.15, 0.2) is 0 Å². The first kappa shape index (κ1) is 18.9. The van der Waals surface area contributed by atoms with E-state index in [9.17, 15) is 18.5 Å². The van der Waals surface area contributed by atoms with Crippen LogP contribution in [0.5, 0.6) is 0 Å². The van der Waals surface area contributed by atoms with Crippen LogP contribution in [0.25, 0.3) is 0 Å². The Morgan fingerprint density at radius 2 is 1.52 bits per heavy atom. The first-order valence-electron chi connectivity index (χ1n) is 7.95. The number of benzene rings is 3. The Kier molecular flexibility index (Phi) is 5.43. The average molecular weight is 403 g/mol. The van der Waals surface area contributed by atoms with E-state index in [2.05, 4.69) is 0 Å². The summed E-state index contributed by atoms with van der Waals surface area (Å²) in [7, 11) is -4.05. The molecule has 0 atom stereocenters. The summed E-state index contributed by atoms with van der Waals surface area (Å²) in [5.41, 5.74) is 0.790. The van der Waals surface area contributed by atoms with Crippen molar-refractivity contribution in [1.29, 1.82) is 0 Å². The second kappa shape index (κ2) is 7.77. The van der Waals surface area contributed by atoms with Gasteiger partial charge in [0.25, 0.3) is 15.7 Å². The first-order valence-corrected chi connectivity index (χ1v) is 9.77. The van der Waals surface area contributed by atoms with Crippen LogP contribution in [0.15, 0.2) is 83.8 Å². The van der Waals surface area contributed by atoms with Gasteiger partial charge in [-0.25, -0.2) is 8.42 Å². The average Bonchev–Trinajstić information content (AvgIpc) is 2.67. The van der Waals surface area contributed by atoms with Crippen molar-refractivity contribution in [3.05, 3.63) is 99.6 Å². The lowest BCUT2D eigenvalue weighted by Gasteiger charge is -2.24. The molecule has 3 aromatic rings. The maximum absolute atomic E-state index is 13.3. The van der Waals surface area contributed by atoms with Crippen molar-refractivity contribution in [2.24, 2.45) is 0 Å². The van der Waals surface area contributed by atoms with Crippen LogP contribution in [-0.4, -0.2) is 13.3 Å². The Balaban J connectivity index is 2.10. The quantitative estimate of drug-likeness (QED) is 0.444. The molecule has 138 valence electrons. The van der Waals surface area contributed by atoms with Crippen molar-refractivity contribution in [1.82, 2.24) is 0 Å². The predicted octanol–water partition coefficient (Wildman–Crippen LogP) is 4.64. The van der Waals surface area contributed by atoms with Gasteiger partial charge >= 0.3 is 0 Å². The number of sulfonamides is 1. The molecule has 27 heavy (non-hydrogen) atoms. The number of anilines is 1. The molecule has 0 saturated heterocycles. The Morgan fingerprint density at radius 1 is 0.926 bits per heavy atom. The molecule has 0 bridgehead atoms. The van der Waals surface area contributed by atoms with E-state index in [4.69, 9.17) is 11.6 Å². The zero-order valence-corrected chi connectivity index (χ0v) is 15.6. The van der Waals surface area contributed by atoms with E-state index in [1.807, 2.05) is 30.3 Å². The molecule has 6 nitrogen and oxygen atoms in total. The van der Waals surface area contributed by atoms with Crippen molar-refractivity contribution >= 4 is 33.0 Å². The van der Waals surface area contributed by atoms with Crippen LogP contribution in [-0.2, 0) is 16.6 Å². The van der Waals surface area contributed by atoms with Crippen LogP contribution in [0, 0.1) is 10.1 Å². The Hall–Kier alpha value is -2.90. The normalized spacial score (nSPS) is 11.1. The van der Waals surface area contributed by atoms with Crippen molar-refractivity contribution in [2.75, 3.05) is 4.31 Å². The molecule has 0 fully saturated rings. The minimum absolute atomic E-state index is 0.0869. The van der Waals surface area contributed by atoms with Gasteiger partial charge in [-0.1, -0.05) is 60.1 Å². The van der Waals surface area contributed by atoms with Crippen molar-refractivity contribution in [3.8, 4) is 0 Å². The molecular formula is C19H15ClN2O4S. The summed E-state index contributed by atoms with van der Waals surface area (Å²) in [4.78, 5) is 10.2.